The van der Waals surface area contributed by atoms with Crippen LogP contribution in [0, 0.1) is 12.8 Å². The average molecular weight is 215 g/mol. The third-order valence-electron chi connectivity index (χ3n) is 4.50. The minimum absolute atomic E-state index is 0.564. The van der Waals surface area contributed by atoms with Crippen LogP contribution in [0.15, 0.2) is 24.3 Å². The van der Waals surface area contributed by atoms with Crippen molar-refractivity contribution >= 4 is 0 Å². The van der Waals surface area contributed by atoms with E-state index < -0.39 is 0 Å². The summed E-state index contributed by atoms with van der Waals surface area (Å²) in [5.74, 6) is 0.926. The van der Waals surface area contributed by atoms with Gasteiger partial charge in [0.05, 0.1) is 0 Å². The van der Waals surface area contributed by atoms with Gasteiger partial charge in [-0.1, -0.05) is 29.8 Å². The van der Waals surface area contributed by atoms with E-state index in [1.165, 1.54) is 44.3 Å². The molecule has 86 valence electrons. The van der Waals surface area contributed by atoms with E-state index in [0.29, 0.717) is 5.41 Å². The summed E-state index contributed by atoms with van der Waals surface area (Å²) in [5, 5.41) is 3.48. The Morgan fingerprint density at radius 2 is 1.94 bits per heavy atom. The van der Waals surface area contributed by atoms with Gasteiger partial charge in [-0.3, -0.25) is 0 Å². The number of benzene rings is 1. The maximum Gasteiger partial charge on any atom is -0.00171 e. The first-order valence-corrected chi connectivity index (χ1v) is 6.59. The number of piperidine rings is 1. The summed E-state index contributed by atoms with van der Waals surface area (Å²) >= 11 is 0. The Hall–Kier alpha value is -0.820. The molecule has 16 heavy (non-hydrogen) atoms. The van der Waals surface area contributed by atoms with Crippen molar-refractivity contribution in [3.8, 4) is 0 Å². The van der Waals surface area contributed by atoms with Crippen molar-refractivity contribution in [2.24, 2.45) is 5.92 Å². The number of hydrogen-bond acceptors (Lipinski definition) is 1. The zero-order valence-corrected chi connectivity index (χ0v) is 10.1. The Morgan fingerprint density at radius 1 is 1.19 bits per heavy atom. The lowest BCUT2D eigenvalue weighted by atomic mass is 9.77. The largest absolute Gasteiger partial charge is 0.317 e. The first-order valence-electron chi connectivity index (χ1n) is 6.59. The van der Waals surface area contributed by atoms with E-state index >= 15 is 0 Å². The zero-order chi connectivity index (χ0) is 11.0. The van der Waals surface area contributed by atoms with Gasteiger partial charge in [-0.05, 0) is 62.6 Å². The number of aryl methyl sites for hydroxylation is 1. The molecule has 1 N–H and O–H groups in total. The maximum absolute atomic E-state index is 3.48. The topological polar surface area (TPSA) is 12.0 Å². The van der Waals surface area contributed by atoms with E-state index in [1.54, 1.807) is 5.56 Å². The lowest BCUT2D eigenvalue weighted by Crippen LogP contribution is -2.34. The average Bonchev–Trinajstić information content (AvgIpc) is 3.11. The predicted molar refractivity (Wildman–Crippen MR) is 67.7 cm³/mol. The molecule has 1 saturated carbocycles. The van der Waals surface area contributed by atoms with Gasteiger partial charge in [-0.15, -0.1) is 0 Å². The van der Waals surface area contributed by atoms with Crippen molar-refractivity contribution in [1.82, 2.24) is 5.32 Å². The van der Waals surface area contributed by atoms with Crippen LogP contribution in [0.5, 0.6) is 0 Å². The van der Waals surface area contributed by atoms with Crippen molar-refractivity contribution in [2.45, 2.75) is 38.0 Å². The second-order valence-electron chi connectivity index (χ2n) is 5.55. The van der Waals surface area contributed by atoms with Gasteiger partial charge in [0, 0.05) is 0 Å². The molecule has 0 bridgehead atoms. The first-order chi connectivity index (χ1) is 7.81. The van der Waals surface area contributed by atoms with Crippen LogP contribution in [0.3, 0.4) is 0 Å². The molecule has 0 amide bonds. The highest BCUT2D eigenvalue weighted by atomic mass is 14.9. The number of hydrogen-bond donors (Lipinski definition) is 1. The fourth-order valence-corrected chi connectivity index (χ4v) is 3.40. The van der Waals surface area contributed by atoms with Gasteiger partial charge in [0.25, 0.3) is 0 Å². The number of nitrogens with one attached hydrogen (secondary N) is 1. The fourth-order valence-electron chi connectivity index (χ4n) is 3.40. The van der Waals surface area contributed by atoms with Crippen LogP contribution in [0.1, 0.15) is 36.8 Å². The molecule has 0 spiro atoms. The molecule has 0 unspecified atom stereocenters. The second kappa shape index (κ2) is 3.89. The van der Waals surface area contributed by atoms with Crippen molar-refractivity contribution in [2.75, 3.05) is 13.1 Å². The smallest absolute Gasteiger partial charge is 0.00171 e. The minimum atomic E-state index is 0.564. The summed E-state index contributed by atoms with van der Waals surface area (Å²) in [6.45, 7) is 4.65. The molecule has 0 atom stereocenters. The fraction of sp³-hybridized carbons (Fsp3) is 0.600. The van der Waals surface area contributed by atoms with Crippen molar-refractivity contribution < 1.29 is 0 Å². The Bertz CT molecular complexity index is 373. The van der Waals surface area contributed by atoms with Crippen molar-refractivity contribution in [1.29, 1.82) is 0 Å². The Balaban J connectivity index is 1.87. The summed E-state index contributed by atoms with van der Waals surface area (Å²) < 4.78 is 0. The third kappa shape index (κ3) is 1.67. The van der Waals surface area contributed by atoms with Crippen molar-refractivity contribution in [3.63, 3.8) is 0 Å². The number of rotatable bonds is 2. The molecule has 0 aromatic heterocycles. The summed E-state index contributed by atoms with van der Waals surface area (Å²) in [7, 11) is 0. The summed E-state index contributed by atoms with van der Waals surface area (Å²) in [5.41, 5.74) is 3.59. The van der Waals surface area contributed by atoms with Crippen LogP contribution in [-0.4, -0.2) is 13.1 Å². The van der Waals surface area contributed by atoms with E-state index in [0.717, 1.165) is 5.92 Å². The highest BCUT2D eigenvalue weighted by molar-refractivity contribution is 5.35. The van der Waals surface area contributed by atoms with E-state index in [1.807, 2.05) is 0 Å². The van der Waals surface area contributed by atoms with Gasteiger partial charge in [0.1, 0.15) is 0 Å². The molecule has 1 nitrogen and oxygen atoms in total. The normalized spacial score (nSPS) is 24.3. The Labute approximate surface area is 98.3 Å². The maximum atomic E-state index is 3.48. The van der Waals surface area contributed by atoms with Gasteiger partial charge in [0.2, 0.25) is 0 Å². The van der Waals surface area contributed by atoms with Gasteiger partial charge in [-0.2, -0.15) is 0 Å². The Morgan fingerprint density at radius 3 is 2.56 bits per heavy atom. The monoisotopic (exact) mass is 215 g/mol. The molecule has 2 fully saturated rings. The molecule has 1 heterocycles. The van der Waals surface area contributed by atoms with E-state index in [9.17, 15) is 0 Å². The highest BCUT2D eigenvalue weighted by Gasteiger charge is 2.50. The quantitative estimate of drug-likeness (QED) is 0.799. The van der Waals surface area contributed by atoms with Crippen LogP contribution < -0.4 is 5.32 Å². The van der Waals surface area contributed by atoms with E-state index in [2.05, 4.69) is 36.5 Å². The van der Waals surface area contributed by atoms with Gasteiger partial charge in [-0.25, -0.2) is 0 Å². The molecule has 1 saturated heterocycles. The molecule has 1 aliphatic heterocycles. The van der Waals surface area contributed by atoms with Crippen LogP contribution in [-0.2, 0) is 5.41 Å². The molecule has 1 heteroatoms. The molecular formula is C15H21N. The summed E-state index contributed by atoms with van der Waals surface area (Å²) in [4.78, 5) is 0. The van der Waals surface area contributed by atoms with Crippen molar-refractivity contribution in [3.05, 3.63) is 35.4 Å². The highest BCUT2D eigenvalue weighted by Crippen LogP contribution is 2.56. The zero-order valence-electron chi connectivity index (χ0n) is 10.1. The molecule has 1 aliphatic carbocycles. The second-order valence-corrected chi connectivity index (χ2v) is 5.55. The first kappa shape index (κ1) is 10.3. The molecule has 1 aromatic rings. The molecular weight excluding hydrogens is 194 g/mol. The van der Waals surface area contributed by atoms with Crippen LogP contribution in [0.4, 0.5) is 0 Å². The van der Waals surface area contributed by atoms with E-state index in [-0.39, 0.29) is 0 Å². The minimum Gasteiger partial charge on any atom is -0.317 e. The molecule has 2 aliphatic rings. The Kier molecular flexibility index (Phi) is 2.51. The summed E-state index contributed by atoms with van der Waals surface area (Å²) in [6, 6.07) is 9.20. The van der Waals surface area contributed by atoms with Gasteiger partial charge < -0.3 is 5.32 Å². The van der Waals surface area contributed by atoms with Crippen LogP contribution in [0.25, 0.3) is 0 Å². The SMILES string of the molecule is Cc1cccc(C2(C3CCNCC3)CC2)c1. The van der Waals surface area contributed by atoms with E-state index in [4.69, 9.17) is 0 Å². The predicted octanol–water partition coefficient (Wildman–Crippen LogP) is 3.03. The lowest BCUT2D eigenvalue weighted by Gasteiger charge is -2.31. The third-order valence-corrected chi connectivity index (χ3v) is 4.50. The standard InChI is InChI=1S/C15H21N/c1-12-3-2-4-14(11-12)15(7-8-15)13-5-9-16-10-6-13/h2-4,11,13,16H,5-10H2,1H3. The molecule has 1 aromatic carbocycles. The van der Waals surface area contributed by atoms with Crippen LogP contribution >= 0.6 is 0 Å². The van der Waals surface area contributed by atoms with Gasteiger partial charge >= 0.3 is 0 Å². The lowest BCUT2D eigenvalue weighted by molar-refractivity contribution is 0.303. The van der Waals surface area contributed by atoms with Crippen LogP contribution in [0.2, 0.25) is 0 Å². The summed E-state index contributed by atoms with van der Waals surface area (Å²) in [6.07, 6.45) is 5.57. The van der Waals surface area contributed by atoms with Gasteiger partial charge in [0.15, 0.2) is 0 Å². The molecule has 3 rings (SSSR count). The molecule has 0 radical (unpaired) electrons.